The summed E-state index contributed by atoms with van der Waals surface area (Å²) in [7, 11) is 0. The first-order chi connectivity index (χ1) is 13.0. The lowest BCUT2D eigenvalue weighted by Gasteiger charge is -2.19. The molecular weight excluding hydrogens is 342 g/mol. The Hall–Kier alpha value is -2.92. The molecule has 0 amide bonds. The fourth-order valence-corrected chi connectivity index (χ4v) is 3.35. The number of rotatable bonds is 5. The fraction of sp³-hybridized carbons (Fsp3) is 0.273. The van der Waals surface area contributed by atoms with E-state index in [-0.39, 0.29) is 25.3 Å². The minimum atomic E-state index is -0.503. The van der Waals surface area contributed by atoms with Crippen LogP contribution in [0, 0.1) is 13.8 Å². The van der Waals surface area contributed by atoms with E-state index in [1.807, 2.05) is 56.3 Å². The van der Waals surface area contributed by atoms with Gasteiger partial charge < -0.3 is 9.84 Å². The summed E-state index contributed by atoms with van der Waals surface area (Å²) < 4.78 is 6.35. The highest BCUT2D eigenvalue weighted by molar-refractivity contribution is 5.98. The molecule has 3 aromatic rings. The van der Waals surface area contributed by atoms with E-state index < -0.39 is 5.97 Å². The number of aliphatic hydroxyl groups is 1. The molecule has 0 saturated carbocycles. The van der Waals surface area contributed by atoms with Crippen molar-refractivity contribution in [2.75, 3.05) is 6.61 Å². The summed E-state index contributed by atoms with van der Waals surface area (Å²) in [4.78, 5) is 25.2. The predicted octanol–water partition coefficient (Wildman–Crippen LogP) is 3.34. The summed E-state index contributed by atoms with van der Waals surface area (Å²) in [5, 5.41) is 11.4. The normalized spacial score (nSPS) is 11.0. The number of ether oxygens (including phenoxy) is 1. The molecule has 27 heavy (non-hydrogen) atoms. The molecule has 2 aromatic carbocycles. The van der Waals surface area contributed by atoms with Gasteiger partial charge in [0.25, 0.3) is 5.56 Å². The molecule has 5 heteroatoms. The lowest BCUT2D eigenvalue weighted by atomic mass is 9.94. The van der Waals surface area contributed by atoms with Crippen LogP contribution < -0.4 is 5.56 Å². The van der Waals surface area contributed by atoms with Gasteiger partial charge in [0.15, 0.2) is 0 Å². The third kappa shape index (κ3) is 3.51. The molecule has 0 atom stereocenters. The van der Waals surface area contributed by atoms with Gasteiger partial charge in [0, 0.05) is 10.9 Å². The van der Waals surface area contributed by atoms with E-state index in [1.54, 1.807) is 6.92 Å². The molecule has 0 spiro atoms. The lowest BCUT2D eigenvalue weighted by molar-refractivity contribution is -0.143. The maximum atomic E-state index is 13.1. The van der Waals surface area contributed by atoms with Gasteiger partial charge in [0.05, 0.1) is 18.9 Å². The van der Waals surface area contributed by atoms with Crippen molar-refractivity contribution in [3.05, 3.63) is 69.6 Å². The first kappa shape index (κ1) is 18.9. The molecule has 0 aliphatic heterocycles. The van der Waals surface area contributed by atoms with Crippen LogP contribution in [0.2, 0.25) is 0 Å². The highest BCUT2D eigenvalue weighted by Crippen LogP contribution is 2.32. The third-order valence-electron chi connectivity index (χ3n) is 4.80. The second-order valence-corrected chi connectivity index (χ2v) is 6.52. The predicted molar refractivity (Wildman–Crippen MR) is 106 cm³/mol. The number of aryl methyl sites for hydroxylation is 2. The van der Waals surface area contributed by atoms with E-state index in [9.17, 15) is 14.7 Å². The van der Waals surface area contributed by atoms with Crippen molar-refractivity contribution in [3.63, 3.8) is 0 Å². The van der Waals surface area contributed by atoms with E-state index in [1.165, 1.54) is 4.57 Å². The zero-order chi connectivity index (χ0) is 19.6. The van der Waals surface area contributed by atoms with Crippen molar-refractivity contribution < 1.29 is 14.6 Å². The largest absolute Gasteiger partial charge is 0.465 e. The monoisotopic (exact) mass is 365 g/mol. The molecule has 5 nitrogen and oxygen atoms in total. The molecule has 0 radical (unpaired) electrons. The number of carbonyl (C=O) groups is 1. The van der Waals surface area contributed by atoms with E-state index in [0.29, 0.717) is 11.1 Å². The van der Waals surface area contributed by atoms with Gasteiger partial charge in [-0.1, -0.05) is 36.4 Å². The van der Waals surface area contributed by atoms with E-state index in [4.69, 9.17) is 4.74 Å². The smallest absolute Gasteiger partial charge is 0.326 e. The number of aliphatic hydroxyl groups excluding tert-OH is 1. The maximum absolute atomic E-state index is 13.1. The molecule has 0 saturated heterocycles. The number of aromatic nitrogens is 1. The van der Waals surface area contributed by atoms with E-state index in [0.717, 1.165) is 27.6 Å². The molecular formula is C22H23NO4. The summed E-state index contributed by atoms with van der Waals surface area (Å²) in [6, 6.07) is 13.4. The Morgan fingerprint density at radius 2 is 1.70 bits per heavy atom. The van der Waals surface area contributed by atoms with E-state index in [2.05, 4.69) is 0 Å². The van der Waals surface area contributed by atoms with Gasteiger partial charge in [-0.05, 0) is 48.9 Å². The first-order valence-electron chi connectivity index (χ1n) is 8.96. The Kier molecular flexibility index (Phi) is 5.42. The lowest BCUT2D eigenvalue weighted by Crippen LogP contribution is -2.29. The van der Waals surface area contributed by atoms with Crippen molar-refractivity contribution in [1.29, 1.82) is 0 Å². The van der Waals surface area contributed by atoms with Crippen LogP contribution in [0.1, 0.15) is 23.7 Å². The van der Waals surface area contributed by atoms with Crippen molar-refractivity contribution >= 4 is 16.7 Å². The zero-order valence-corrected chi connectivity index (χ0v) is 15.8. The average molecular weight is 365 g/mol. The zero-order valence-electron chi connectivity index (χ0n) is 15.8. The third-order valence-corrected chi connectivity index (χ3v) is 4.80. The molecule has 1 heterocycles. The minimum Gasteiger partial charge on any atom is -0.465 e. The minimum absolute atomic E-state index is 0.231. The van der Waals surface area contributed by atoms with Crippen molar-refractivity contribution in [3.8, 4) is 11.1 Å². The molecule has 0 aliphatic carbocycles. The second kappa shape index (κ2) is 7.76. The average Bonchev–Trinajstić information content (AvgIpc) is 2.66. The summed E-state index contributed by atoms with van der Waals surface area (Å²) in [6.07, 6.45) is 0. The van der Waals surface area contributed by atoms with Gasteiger partial charge in [-0.2, -0.15) is 0 Å². The number of fused-ring (bicyclic) bond motifs is 1. The van der Waals surface area contributed by atoms with Gasteiger partial charge in [0.2, 0.25) is 0 Å². The first-order valence-corrected chi connectivity index (χ1v) is 8.96. The van der Waals surface area contributed by atoms with Gasteiger partial charge >= 0.3 is 5.97 Å². The van der Waals surface area contributed by atoms with E-state index >= 15 is 0 Å². The summed E-state index contributed by atoms with van der Waals surface area (Å²) >= 11 is 0. The van der Waals surface area contributed by atoms with Crippen LogP contribution in [-0.4, -0.2) is 22.2 Å². The highest BCUT2D eigenvalue weighted by Gasteiger charge is 2.20. The van der Waals surface area contributed by atoms with Crippen molar-refractivity contribution in [2.24, 2.45) is 0 Å². The Morgan fingerprint density at radius 3 is 2.30 bits per heavy atom. The Morgan fingerprint density at radius 1 is 1.07 bits per heavy atom. The number of nitrogens with zero attached hydrogens (tertiary/aromatic N) is 1. The van der Waals surface area contributed by atoms with Crippen LogP contribution in [0.25, 0.3) is 21.9 Å². The maximum Gasteiger partial charge on any atom is 0.326 e. The van der Waals surface area contributed by atoms with Gasteiger partial charge in [-0.15, -0.1) is 0 Å². The number of benzene rings is 2. The number of carbonyl (C=O) groups excluding carboxylic acids is 1. The molecule has 0 bridgehead atoms. The number of hydrogen-bond donors (Lipinski definition) is 1. The Balaban J connectivity index is 2.42. The quantitative estimate of drug-likeness (QED) is 0.704. The molecule has 0 fully saturated rings. The van der Waals surface area contributed by atoms with Crippen LogP contribution in [0.15, 0.2) is 47.3 Å². The number of pyridine rings is 1. The molecule has 1 N–H and O–H groups in total. The van der Waals surface area contributed by atoms with Gasteiger partial charge in [0.1, 0.15) is 6.54 Å². The molecule has 0 aliphatic rings. The molecule has 0 unspecified atom stereocenters. The van der Waals surface area contributed by atoms with Crippen molar-refractivity contribution in [1.82, 2.24) is 4.57 Å². The summed E-state index contributed by atoms with van der Waals surface area (Å²) in [5.41, 5.74) is 3.82. The summed E-state index contributed by atoms with van der Waals surface area (Å²) in [5.74, 6) is -0.503. The second-order valence-electron chi connectivity index (χ2n) is 6.52. The summed E-state index contributed by atoms with van der Waals surface area (Å²) in [6.45, 7) is 5.31. The highest BCUT2D eigenvalue weighted by atomic mass is 16.5. The molecule has 140 valence electrons. The van der Waals surface area contributed by atoms with Crippen molar-refractivity contribution in [2.45, 2.75) is 33.9 Å². The molecule has 3 rings (SSSR count). The van der Waals surface area contributed by atoms with Gasteiger partial charge in [-0.25, -0.2) is 0 Å². The standard InChI is InChI=1S/C22H23NO4/c1-4-27-20(25)12-23-19(13-24)21(16-8-6-5-7-9-16)17-10-14(2)15(3)11-18(17)22(23)26/h5-11,24H,4,12-13H2,1-3H3. The SMILES string of the molecule is CCOC(=O)Cn1c(CO)c(-c2ccccc2)c2cc(C)c(C)cc2c1=O. The Bertz CT molecular complexity index is 1050. The van der Waals surface area contributed by atoms with Crippen LogP contribution in [0.4, 0.5) is 0 Å². The van der Waals surface area contributed by atoms with Gasteiger partial charge in [-0.3, -0.25) is 14.2 Å². The number of hydrogen-bond acceptors (Lipinski definition) is 4. The van der Waals surface area contributed by atoms with Crippen LogP contribution in [0.5, 0.6) is 0 Å². The van der Waals surface area contributed by atoms with Crippen LogP contribution in [-0.2, 0) is 22.7 Å². The molecule has 1 aromatic heterocycles. The topological polar surface area (TPSA) is 68.5 Å². The Labute approximate surface area is 157 Å². The fourth-order valence-electron chi connectivity index (χ4n) is 3.35. The van der Waals surface area contributed by atoms with Crippen LogP contribution >= 0.6 is 0 Å². The number of esters is 1. The van der Waals surface area contributed by atoms with Crippen LogP contribution in [0.3, 0.4) is 0 Å².